The maximum absolute atomic E-state index is 12.5. The SMILES string of the molecule is Cc1ccc(C(=O)N2CCN(C(=O)Nc3cccc(Cl)c3)CC2)cc1. The van der Waals surface area contributed by atoms with Crippen LogP contribution in [0.25, 0.3) is 0 Å². The lowest BCUT2D eigenvalue weighted by Gasteiger charge is -2.34. The van der Waals surface area contributed by atoms with E-state index in [0.29, 0.717) is 42.5 Å². The Labute approximate surface area is 152 Å². The molecule has 2 aromatic carbocycles. The average Bonchev–Trinajstić information content (AvgIpc) is 2.62. The molecule has 0 aliphatic carbocycles. The van der Waals surface area contributed by atoms with Gasteiger partial charge in [0.25, 0.3) is 5.91 Å². The molecule has 1 N–H and O–H groups in total. The number of nitrogens with one attached hydrogen (secondary N) is 1. The van der Waals surface area contributed by atoms with Crippen LogP contribution in [0.1, 0.15) is 15.9 Å². The number of amides is 3. The summed E-state index contributed by atoms with van der Waals surface area (Å²) in [5.41, 5.74) is 2.47. The van der Waals surface area contributed by atoms with Crippen LogP contribution in [0.5, 0.6) is 0 Å². The highest BCUT2D eigenvalue weighted by molar-refractivity contribution is 6.30. The average molecular weight is 358 g/mol. The van der Waals surface area contributed by atoms with E-state index in [4.69, 9.17) is 11.6 Å². The fourth-order valence-electron chi connectivity index (χ4n) is 2.76. The zero-order valence-electron chi connectivity index (χ0n) is 14.0. The molecule has 0 aromatic heterocycles. The van der Waals surface area contributed by atoms with E-state index >= 15 is 0 Å². The molecule has 2 aromatic rings. The van der Waals surface area contributed by atoms with Crippen LogP contribution in [0.15, 0.2) is 48.5 Å². The fraction of sp³-hybridized carbons (Fsp3) is 0.263. The highest BCUT2D eigenvalue weighted by Gasteiger charge is 2.24. The number of anilines is 1. The molecule has 0 radical (unpaired) electrons. The van der Waals surface area contributed by atoms with Gasteiger partial charge >= 0.3 is 6.03 Å². The highest BCUT2D eigenvalue weighted by atomic mass is 35.5. The van der Waals surface area contributed by atoms with Gasteiger partial charge in [0.05, 0.1) is 0 Å². The zero-order chi connectivity index (χ0) is 17.8. The summed E-state index contributed by atoms with van der Waals surface area (Å²) < 4.78 is 0. The molecule has 1 aliphatic rings. The lowest BCUT2D eigenvalue weighted by atomic mass is 10.1. The van der Waals surface area contributed by atoms with Crippen molar-refractivity contribution >= 4 is 29.2 Å². The number of hydrogen-bond acceptors (Lipinski definition) is 2. The van der Waals surface area contributed by atoms with Gasteiger partial charge in [-0.2, -0.15) is 0 Å². The van der Waals surface area contributed by atoms with E-state index in [1.807, 2.05) is 31.2 Å². The minimum Gasteiger partial charge on any atom is -0.335 e. The third-order valence-corrected chi connectivity index (χ3v) is 4.46. The van der Waals surface area contributed by atoms with Crippen molar-refractivity contribution in [3.8, 4) is 0 Å². The largest absolute Gasteiger partial charge is 0.335 e. The second-order valence-electron chi connectivity index (χ2n) is 6.09. The minimum atomic E-state index is -0.176. The van der Waals surface area contributed by atoms with E-state index in [2.05, 4.69) is 5.32 Å². The van der Waals surface area contributed by atoms with E-state index in [1.54, 1.807) is 34.1 Å². The first kappa shape index (κ1) is 17.3. The lowest BCUT2D eigenvalue weighted by Crippen LogP contribution is -2.51. The van der Waals surface area contributed by atoms with Crippen LogP contribution in [-0.2, 0) is 0 Å². The lowest BCUT2D eigenvalue weighted by molar-refractivity contribution is 0.0671. The Kier molecular flexibility index (Phi) is 5.24. The second-order valence-corrected chi connectivity index (χ2v) is 6.52. The number of carbonyl (C=O) groups is 2. The first-order valence-corrected chi connectivity index (χ1v) is 8.58. The Bertz CT molecular complexity index is 768. The van der Waals surface area contributed by atoms with Crippen molar-refractivity contribution in [1.29, 1.82) is 0 Å². The number of hydrogen-bond donors (Lipinski definition) is 1. The summed E-state index contributed by atoms with van der Waals surface area (Å²) in [7, 11) is 0. The normalized spacial score (nSPS) is 14.3. The van der Waals surface area contributed by atoms with Gasteiger partial charge in [-0.05, 0) is 37.3 Å². The summed E-state index contributed by atoms with van der Waals surface area (Å²) in [4.78, 5) is 28.3. The molecule has 0 saturated carbocycles. The molecule has 0 bridgehead atoms. The standard InChI is InChI=1S/C19H20ClN3O2/c1-14-5-7-15(8-6-14)18(24)22-9-11-23(12-10-22)19(25)21-17-4-2-3-16(20)13-17/h2-8,13H,9-12H2,1H3,(H,21,25). The van der Waals surface area contributed by atoms with Crippen molar-refractivity contribution in [2.75, 3.05) is 31.5 Å². The Morgan fingerprint density at radius 3 is 2.24 bits per heavy atom. The molecule has 0 atom stereocenters. The molecule has 1 fully saturated rings. The third kappa shape index (κ3) is 4.31. The molecule has 0 unspecified atom stereocenters. The second kappa shape index (κ2) is 7.57. The van der Waals surface area contributed by atoms with Gasteiger partial charge < -0.3 is 15.1 Å². The predicted molar refractivity (Wildman–Crippen MR) is 99.1 cm³/mol. The number of urea groups is 1. The van der Waals surface area contributed by atoms with E-state index in [-0.39, 0.29) is 11.9 Å². The van der Waals surface area contributed by atoms with Gasteiger partial charge in [0.2, 0.25) is 0 Å². The van der Waals surface area contributed by atoms with Crippen molar-refractivity contribution in [1.82, 2.24) is 9.80 Å². The number of rotatable bonds is 2. The molecule has 25 heavy (non-hydrogen) atoms. The Morgan fingerprint density at radius 2 is 1.60 bits per heavy atom. The molecule has 0 spiro atoms. The molecular weight excluding hydrogens is 338 g/mol. The molecule has 6 heteroatoms. The van der Waals surface area contributed by atoms with Crippen LogP contribution in [0.2, 0.25) is 5.02 Å². The number of aryl methyl sites for hydroxylation is 1. The summed E-state index contributed by atoms with van der Waals surface area (Å²) in [6.07, 6.45) is 0. The monoisotopic (exact) mass is 357 g/mol. The minimum absolute atomic E-state index is 0.00917. The van der Waals surface area contributed by atoms with E-state index < -0.39 is 0 Å². The number of benzene rings is 2. The maximum Gasteiger partial charge on any atom is 0.321 e. The van der Waals surface area contributed by atoms with Crippen molar-refractivity contribution in [3.63, 3.8) is 0 Å². The predicted octanol–water partition coefficient (Wildman–Crippen LogP) is 3.64. The first-order chi connectivity index (χ1) is 12.0. The van der Waals surface area contributed by atoms with Crippen LogP contribution in [0.4, 0.5) is 10.5 Å². The van der Waals surface area contributed by atoms with Gasteiger partial charge in [0, 0.05) is 42.5 Å². The number of carbonyl (C=O) groups excluding carboxylic acids is 2. The van der Waals surface area contributed by atoms with E-state index in [1.165, 1.54) is 0 Å². The van der Waals surface area contributed by atoms with Crippen LogP contribution >= 0.6 is 11.6 Å². The molecule has 1 saturated heterocycles. The van der Waals surface area contributed by atoms with Gasteiger partial charge in [-0.3, -0.25) is 4.79 Å². The van der Waals surface area contributed by atoms with Crippen LogP contribution in [0.3, 0.4) is 0 Å². The summed E-state index contributed by atoms with van der Waals surface area (Å²) in [6, 6.07) is 14.4. The molecule has 3 rings (SSSR count). The van der Waals surface area contributed by atoms with Crippen molar-refractivity contribution in [2.45, 2.75) is 6.92 Å². The fourth-order valence-corrected chi connectivity index (χ4v) is 2.95. The maximum atomic E-state index is 12.5. The van der Waals surface area contributed by atoms with Crippen LogP contribution < -0.4 is 5.32 Å². The summed E-state index contributed by atoms with van der Waals surface area (Å²) >= 11 is 5.93. The first-order valence-electron chi connectivity index (χ1n) is 8.20. The van der Waals surface area contributed by atoms with Gasteiger partial charge in [-0.15, -0.1) is 0 Å². The molecular formula is C19H20ClN3O2. The van der Waals surface area contributed by atoms with Gasteiger partial charge in [0.15, 0.2) is 0 Å². The summed E-state index contributed by atoms with van der Waals surface area (Å²) in [5.74, 6) is 0.00917. The Morgan fingerprint density at radius 1 is 0.960 bits per heavy atom. The van der Waals surface area contributed by atoms with E-state index in [9.17, 15) is 9.59 Å². The van der Waals surface area contributed by atoms with Crippen LogP contribution in [0, 0.1) is 6.92 Å². The Hall–Kier alpha value is -2.53. The number of nitrogens with zero attached hydrogens (tertiary/aromatic N) is 2. The highest BCUT2D eigenvalue weighted by Crippen LogP contribution is 2.16. The molecule has 1 heterocycles. The van der Waals surface area contributed by atoms with Crippen molar-refractivity contribution in [2.24, 2.45) is 0 Å². The van der Waals surface area contributed by atoms with Crippen molar-refractivity contribution in [3.05, 3.63) is 64.7 Å². The van der Waals surface area contributed by atoms with E-state index in [0.717, 1.165) is 5.56 Å². The third-order valence-electron chi connectivity index (χ3n) is 4.23. The number of piperazine rings is 1. The molecule has 3 amide bonds. The smallest absolute Gasteiger partial charge is 0.321 e. The molecule has 130 valence electrons. The summed E-state index contributed by atoms with van der Waals surface area (Å²) in [6.45, 7) is 4.05. The quantitative estimate of drug-likeness (QED) is 0.892. The summed E-state index contributed by atoms with van der Waals surface area (Å²) in [5, 5.41) is 3.41. The van der Waals surface area contributed by atoms with Crippen LogP contribution in [-0.4, -0.2) is 47.9 Å². The Balaban J connectivity index is 1.55. The van der Waals surface area contributed by atoms with Gasteiger partial charge in [0.1, 0.15) is 0 Å². The molecule has 5 nitrogen and oxygen atoms in total. The van der Waals surface area contributed by atoms with Gasteiger partial charge in [-0.25, -0.2) is 4.79 Å². The number of halogens is 1. The van der Waals surface area contributed by atoms with Crippen molar-refractivity contribution < 1.29 is 9.59 Å². The molecule has 1 aliphatic heterocycles. The zero-order valence-corrected chi connectivity index (χ0v) is 14.8. The van der Waals surface area contributed by atoms with Gasteiger partial charge in [-0.1, -0.05) is 35.4 Å². The topological polar surface area (TPSA) is 52.7 Å².